The summed E-state index contributed by atoms with van der Waals surface area (Å²) in [5, 5.41) is 2.93. The number of rotatable bonds is 4. The second kappa shape index (κ2) is 6.84. The van der Waals surface area contributed by atoms with Crippen LogP contribution in [0.5, 0.6) is 0 Å². The minimum absolute atomic E-state index is 0.200. The molecular weight excluding hydrogens is 255 g/mol. The highest BCUT2D eigenvalue weighted by molar-refractivity contribution is 5.94. The van der Waals surface area contributed by atoms with Crippen molar-refractivity contribution in [2.45, 2.75) is 32.6 Å². The molecule has 1 saturated carbocycles. The molecule has 4 heteroatoms. The Bertz CT molecular complexity index is 455. The van der Waals surface area contributed by atoms with Crippen molar-refractivity contribution in [3.05, 3.63) is 35.1 Å². The zero-order valence-corrected chi connectivity index (χ0v) is 12.0. The number of nitrogens with one attached hydrogen (secondary N) is 1. The molecule has 0 saturated heterocycles. The topological polar surface area (TPSA) is 55.1 Å². The van der Waals surface area contributed by atoms with Crippen LogP contribution in [0.4, 0.5) is 4.39 Å². The van der Waals surface area contributed by atoms with E-state index in [4.69, 9.17) is 5.73 Å². The third-order valence-electron chi connectivity index (χ3n) is 4.20. The fraction of sp³-hybridized carbons (Fsp3) is 0.562. The molecule has 1 amide bonds. The average Bonchev–Trinajstić information content (AvgIpc) is 2.44. The van der Waals surface area contributed by atoms with Crippen molar-refractivity contribution in [1.29, 1.82) is 0 Å². The summed E-state index contributed by atoms with van der Waals surface area (Å²) in [6, 6.07) is 4.41. The molecule has 3 N–H and O–H groups in total. The molecule has 110 valence electrons. The SMILES string of the molecule is Cc1cc(F)cc(C(=O)NCC2CCCCC2CN)c1. The molecule has 0 bridgehead atoms. The molecule has 0 aliphatic heterocycles. The molecule has 2 atom stereocenters. The first-order chi connectivity index (χ1) is 9.60. The maximum atomic E-state index is 13.3. The molecule has 0 aromatic heterocycles. The van der Waals surface area contributed by atoms with Crippen LogP contribution in [-0.4, -0.2) is 19.0 Å². The second-order valence-electron chi connectivity index (χ2n) is 5.77. The van der Waals surface area contributed by atoms with E-state index in [1.54, 1.807) is 13.0 Å². The lowest BCUT2D eigenvalue weighted by Gasteiger charge is -2.30. The van der Waals surface area contributed by atoms with Gasteiger partial charge in [0.1, 0.15) is 5.82 Å². The van der Waals surface area contributed by atoms with Crippen molar-refractivity contribution in [2.24, 2.45) is 17.6 Å². The van der Waals surface area contributed by atoms with Crippen molar-refractivity contribution in [3.63, 3.8) is 0 Å². The van der Waals surface area contributed by atoms with Gasteiger partial charge in [0.05, 0.1) is 0 Å². The van der Waals surface area contributed by atoms with Gasteiger partial charge in [-0.25, -0.2) is 4.39 Å². The Morgan fingerprint density at radius 2 is 2.00 bits per heavy atom. The van der Waals surface area contributed by atoms with Crippen LogP contribution in [0.3, 0.4) is 0 Å². The van der Waals surface area contributed by atoms with E-state index in [-0.39, 0.29) is 11.7 Å². The zero-order chi connectivity index (χ0) is 14.5. The van der Waals surface area contributed by atoms with Gasteiger partial charge < -0.3 is 11.1 Å². The first-order valence-electron chi connectivity index (χ1n) is 7.35. The summed E-state index contributed by atoms with van der Waals surface area (Å²) in [5.74, 6) is 0.382. The van der Waals surface area contributed by atoms with Crippen molar-refractivity contribution >= 4 is 5.91 Å². The van der Waals surface area contributed by atoms with E-state index in [2.05, 4.69) is 5.32 Å². The molecule has 2 unspecified atom stereocenters. The van der Waals surface area contributed by atoms with Gasteiger partial charge in [-0.2, -0.15) is 0 Å². The van der Waals surface area contributed by atoms with E-state index in [9.17, 15) is 9.18 Å². The van der Waals surface area contributed by atoms with Gasteiger partial charge in [-0.15, -0.1) is 0 Å². The third kappa shape index (κ3) is 3.79. The summed E-state index contributed by atoms with van der Waals surface area (Å²) >= 11 is 0. The van der Waals surface area contributed by atoms with Crippen LogP contribution < -0.4 is 11.1 Å². The lowest BCUT2D eigenvalue weighted by atomic mass is 9.79. The standard InChI is InChI=1S/C16H23FN2O/c1-11-6-14(8-15(17)7-11)16(20)19-10-13-5-3-2-4-12(13)9-18/h6-8,12-13H,2-5,9-10,18H2,1H3,(H,19,20). The summed E-state index contributed by atoms with van der Waals surface area (Å²) in [6.07, 6.45) is 4.70. The molecule has 3 nitrogen and oxygen atoms in total. The van der Waals surface area contributed by atoms with Gasteiger partial charge in [-0.3, -0.25) is 4.79 Å². The predicted octanol–water partition coefficient (Wildman–Crippen LogP) is 2.63. The maximum absolute atomic E-state index is 13.3. The molecular formula is C16H23FN2O. The normalized spacial score (nSPS) is 22.6. The lowest BCUT2D eigenvalue weighted by Crippen LogP contribution is -2.37. The molecule has 1 aromatic carbocycles. The number of hydrogen-bond donors (Lipinski definition) is 2. The van der Waals surface area contributed by atoms with Crippen LogP contribution in [-0.2, 0) is 0 Å². The van der Waals surface area contributed by atoms with Crippen LogP contribution in [0.15, 0.2) is 18.2 Å². The predicted molar refractivity (Wildman–Crippen MR) is 78.0 cm³/mol. The Morgan fingerprint density at radius 3 is 2.65 bits per heavy atom. The second-order valence-corrected chi connectivity index (χ2v) is 5.77. The van der Waals surface area contributed by atoms with E-state index < -0.39 is 0 Å². The molecule has 1 fully saturated rings. The Balaban J connectivity index is 1.94. The van der Waals surface area contributed by atoms with E-state index >= 15 is 0 Å². The number of carbonyl (C=O) groups is 1. The minimum atomic E-state index is -0.368. The molecule has 1 aliphatic carbocycles. The monoisotopic (exact) mass is 278 g/mol. The maximum Gasteiger partial charge on any atom is 0.251 e. The average molecular weight is 278 g/mol. The lowest BCUT2D eigenvalue weighted by molar-refractivity contribution is 0.0934. The minimum Gasteiger partial charge on any atom is -0.352 e. The molecule has 0 radical (unpaired) electrons. The van der Waals surface area contributed by atoms with Gasteiger partial charge >= 0.3 is 0 Å². The van der Waals surface area contributed by atoms with Gasteiger partial charge in [0.25, 0.3) is 5.91 Å². The van der Waals surface area contributed by atoms with Gasteiger partial charge in [-0.1, -0.05) is 12.8 Å². The van der Waals surface area contributed by atoms with Crippen molar-refractivity contribution < 1.29 is 9.18 Å². The highest BCUT2D eigenvalue weighted by atomic mass is 19.1. The zero-order valence-electron chi connectivity index (χ0n) is 12.0. The summed E-state index contributed by atoms with van der Waals surface area (Å²) in [4.78, 5) is 12.1. The van der Waals surface area contributed by atoms with Gasteiger partial charge in [0, 0.05) is 12.1 Å². The number of carbonyl (C=O) groups excluding carboxylic acids is 1. The van der Waals surface area contributed by atoms with Gasteiger partial charge in [0.2, 0.25) is 0 Å². The summed E-state index contributed by atoms with van der Waals surface area (Å²) in [6.45, 7) is 3.10. The van der Waals surface area contributed by atoms with E-state index in [1.165, 1.54) is 25.0 Å². The number of hydrogen-bond acceptors (Lipinski definition) is 2. The first kappa shape index (κ1) is 15.0. The van der Waals surface area contributed by atoms with Crippen molar-refractivity contribution in [1.82, 2.24) is 5.32 Å². The molecule has 20 heavy (non-hydrogen) atoms. The molecule has 0 heterocycles. The summed E-state index contributed by atoms with van der Waals surface area (Å²) in [7, 11) is 0. The van der Waals surface area contributed by atoms with Crippen LogP contribution in [0.1, 0.15) is 41.6 Å². The van der Waals surface area contributed by atoms with E-state index in [1.807, 2.05) is 0 Å². The Labute approximate surface area is 119 Å². The van der Waals surface area contributed by atoms with Gasteiger partial charge in [0.15, 0.2) is 0 Å². The third-order valence-corrected chi connectivity index (χ3v) is 4.20. The first-order valence-corrected chi connectivity index (χ1v) is 7.35. The number of aryl methyl sites for hydroxylation is 1. The highest BCUT2D eigenvalue weighted by Gasteiger charge is 2.24. The molecule has 0 spiro atoms. The van der Waals surface area contributed by atoms with Gasteiger partial charge in [-0.05, 0) is 61.9 Å². The number of nitrogens with two attached hydrogens (primary N) is 1. The fourth-order valence-electron chi connectivity index (χ4n) is 3.06. The molecule has 2 rings (SSSR count). The summed E-state index contributed by atoms with van der Waals surface area (Å²) in [5.41, 5.74) is 6.94. The smallest absolute Gasteiger partial charge is 0.251 e. The fourth-order valence-corrected chi connectivity index (χ4v) is 3.06. The quantitative estimate of drug-likeness (QED) is 0.889. The molecule has 1 aliphatic rings. The number of benzene rings is 1. The Kier molecular flexibility index (Phi) is 5.12. The van der Waals surface area contributed by atoms with Crippen LogP contribution in [0, 0.1) is 24.6 Å². The largest absolute Gasteiger partial charge is 0.352 e. The Hall–Kier alpha value is -1.42. The van der Waals surface area contributed by atoms with Crippen molar-refractivity contribution in [3.8, 4) is 0 Å². The van der Waals surface area contributed by atoms with Crippen LogP contribution in [0.25, 0.3) is 0 Å². The van der Waals surface area contributed by atoms with E-state index in [0.717, 1.165) is 18.4 Å². The van der Waals surface area contributed by atoms with Crippen LogP contribution >= 0.6 is 0 Å². The summed E-state index contributed by atoms with van der Waals surface area (Å²) < 4.78 is 13.3. The van der Waals surface area contributed by atoms with Crippen molar-refractivity contribution in [2.75, 3.05) is 13.1 Å². The number of halogens is 1. The Morgan fingerprint density at radius 1 is 1.30 bits per heavy atom. The highest BCUT2D eigenvalue weighted by Crippen LogP contribution is 2.28. The molecule has 1 aromatic rings. The number of amides is 1. The van der Waals surface area contributed by atoms with E-state index in [0.29, 0.717) is 30.5 Å². The van der Waals surface area contributed by atoms with Crippen LogP contribution in [0.2, 0.25) is 0 Å².